The first-order valence-electron chi connectivity index (χ1n) is 13.3. The molecule has 0 radical (unpaired) electrons. The Labute approximate surface area is 187 Å². The number of hydrogen-bond acceptors (Lipinski definition) is 4. The highest BCUT2D eigenvalue weighted by molar-refractivity contribution is 4.55. The predicted molar refractivity (Wildman–Crippen MR) is 128 cm³/mol. The summed E-state index contributed by atoms with van der Waals surface area (Å²) in [4.78, 5) is 0. The van der Waals surface area contributed by atoms with E-state index in [1.807, 2.05) is 0 Å². The van der Waals surface area contributed by atoms with Crippen LogP contribution in [0.4, 0.5) is 0 Å². The molecule has 2 unspecified atom stereocenters. The molecule has 4 heteroatoms. The molecule has 0 spiro atoms. The summed E-state index contributed by atoms with van der Waals surface area (Å²) in [5.41, 5.74) is 0. The first kappa shape index (κ1) is 29.8. The lowest BCUT2D eigenvalue weighted by Gasteiger charge is -2.06. The van der Waals surface area contributed by atoms with Gasteiger partial charge in [0.05, 0.1) is 25.4 Å². The van der Waals surface area contributed by atoms with E-state index in [0.717, 1.165) is 25.7 Å². The maximum absolute atomic E-state index is 9.27. The molecule has 0 saturated carbocycles. The topological polar surface area (TPSA) is 80.9 Å². The Morgan fingerprint density at radius 1 is 0.300 bits per heavy atom. The second-order valence-electron chi connectivity index (χ2n) is 9.32. The summed E-state index contributed by atoms with van der Waals surface area (Å²) in [6.45, 7) is -0.192. The maximum Gasteiger partial charge on any atom is 0.0770 e. The van der Waals surface area contributed by atoms with Crippen LogP contribution in [-0.2, 0) is 0 Å². The van der Waals surface area contributed by atoms with Gasteiger partial charge in [0.15, 0.2) is 0 Å². The number of aliphatic hydroxyl groups excluding tert-OH is 4. The summed E-state index contributed by atoms with van der Waals surface area (Å²) in [5, 5.41) is 36.1. The summed E-state index contributed by atoms with van der Waals surface area (Å²) >= 11 is 0. The molecule has 182 valence electrons. The van der Waals surface area contributed by atoms with Crippen LogP contribution in [0.1, 0.15) is 141 Å². The van der Waals surface area contributed by atoms with Gasteiger partial charge < -0.3 is 20.4 Å². The Hall–Kier alpha value is -0.160. The van der Waals surface area contributed by atoms with Crippen LogP contribution >= 0.6 is 0 Å². The maximum atomic E-state index is 9.27. The minimum atomic E-state index is -0.509. The minimum absolute atomic E-state index is 0.0959. The first-order chi connectivity index (χ1) is 14.7. The normalized spacial score (nSPS) is 13.6. The van der Waals surface area contributed by atoms with Crippen LogP contribution in [0.25, 0.3) is 0 Å². The van der Waals surface area contributed by atoms with Crippen molar-refractivity contribution in [2.45, 2.75) is 153 Å². The molecule has 0 aliphatic heterocycles. The van der Waals surface area contributed by atoms with E-state index < -0.39 is 12.2 Å². The van der Waals surface area contributed by atoms with Crippen molar-refractivity contribution in [3.63, 3.8) is 0 Å². The van der Waals surface area contributed by atoms with Crippen LogP contribution in [0.5, 0.6) is 0 Å². The van der Waals surface area contributed by atoms with E-state index in [1.54, 1.807) is 0 Å². The van der Waals surface area contributed by atoms with Crippen molar-refractivity contribution in [2.24, 2.45) is 0 Å². The molecular weight excluding hydrogens is 376 g/mol. The van der Waals surface area contributed by atoms with Crippen LogP contribution in [-0.4, -0.2) is 45.8 Å². The van der Waals surface area contributed by atoms with Gasteiger partial charge in [-0.2, -0.15) is 0 Å². The van der Waals surface area contributed by atoms with Gasteiger partial charge in [-0.05, 0) is 12.8 Å². The zero-order valence-electron chi connectivity index (χ0n) is 19.9. The fourth-order valence-electron chi connectivity index (χ4n) is 4.12. The van der Waals surface area contributed by atoms with E-state index in [2.05, 4.69) is 0 Å². The van der Waals surface area contributed by atoms with Crippen molar-refractivity contribution in [2.75, 3.05) is 13.2 Å². The average molecular weight is 431 g/mol. The van der Waals surface area contributed by atoms with Gasteiger partial charge in [0, 0.05) is 0 Å². The smallest absolute Gasteiger partial charge is 0.0770 e. The highest BCUT2D eigenvalue weighted by atomic mass is 16.3. The molecule has 0 heterocycles. The van der Waals surface area contributed by atoms with E-state index in [0.29, 0.717) is 0 Å². The van der Waals surface area contributed by atoms with Gasteiger partial charge in [0.1, 0.15) is 0 Å². The van der Waals surface area contributed by atoms with Crippen molar-refractivity contribution >= 4 is 0 Å². The standard InChI is InChI=1S/C26H54O4/c27-23-25(29)21-19-17-15-13-11-9-7-5-3-1-2-4-6-8-10-12-14-16-18-20-22-26(30)24-28/h25-30H,1-24H2. The van der Waals surface area contributed by atoms with Crippen LogP contribution in [0.3, 0.4) is 0 Å². The van der Waals surface area contributed by atoms with Crippen LogP contribution in [0, 0.1) is 0 Å². The SMILES string of the molecule is OCC(O)CCCCCCCCCCCCCCCCCCCCCCC(O)CO. The summed E-state index contributed by atoms with van der Waals surface area (Å²) in [7, 11) is 0. The Morgan fingerprint density at radius 2 is 0.467 bits per heavy atom. The average Bonchev–Trinajstić information content (AvgIpc) is 2.76. The van der Waals surface area contributed by atoms with Gasteiger partial charge in [-0.1, -0.05) is 128 Å². The lowest BCUT2D eigenvalue weighted by Crippen LogP contribution is -2.10. The monoisotopic (exact) mass is 430 g/mol. The molecule has 0 rings (SSSR count). The molecule has 0 aliphatic carbocycles. The third-order valence-electron chi connectivity index (χ3n) is 6.25. The van der Waals surface area contributed by atoms with E-state index in [1.165, 1.54) is 116 Å². The predicted octanol–water partition coefficient (Wildman–Crippen LogP) is 6.28. The van der Waals surface area contributed by atoms with Crippen molar-refractivity contribution in [3.8, 4) is 0 Å². The summed E-state index contributed by atoms with van der Waals surface area (Å²) in [6.07, 6.45) is 26.8. The molecular formula is C26H54O4. The van der Waals surface area contributed by atoms with Crippen LogP contribution in [0.15, 0.2) is 0 Å². The zero-order chi connectivity index (χ0) is 22.1. The fraction of sp³-hybridized carbons (Fsp3) is 1.00. The van der Waals surface area contributed by atoms with Crippen molar-refractivity contribution in [1.82, 2.24) is 0 Å². The van der Waals surface area contributed by atoms with Crippen LogP contribution < -0.4 is 0 Å². The molecule has 0 aromatic carbocycles. The lowest BCUT2D eigenvalue weighted by molar-refractivity contribution is 0.0859. The molecule has 4 N–H and O–H groups in total. The number of unbranched alkanes of at least 4 members (excludes halogenated alkanes) is 19. The summed E-state index contributed by atoms with van der Waals surface area (Å²) in [6, 6.07) is 0. The van der Waals surface area contributed by atoms with E-state index in [4.69, 9.17) is 10.2 Å². The molecule has 4 nitrogen and oxygen atoms in total. The Kier molecular flexibility index (Phi) is 25.0. The molecule has 0 bridgehead atoms. The van der Waals surface area contributed by atoms with E-state index >= 15 is 0 Å². The van der Waals surface area contributed by atoms with Gasteiger partial charge in [-0.15, -0.1) is 0 Å². The fourth-order valence-corrected chi connectivity index (χ4v) is 4.12. The third-order valence-corrected chi connectivity index (χ3v) is 6.25. The molecule has 0 aromatic rings. The highest BCUT2D eigenvalue weighted by Crippen LogP contribution is 2.15. The van der Waals surface area contributed by atoms with Gasteiger partial charge in [-0.3, -0.25) is 0 Å². The van der Waals surface area contributed by atoms with E-state index in [9.17, 15) is 10.2 Å². The third kappa shape index (κ3) is 24.1. The van der Waals surface area contributed by atoms with Gasteiger partial charge >= 0.3 is 0 Å². The van der Waals surface area contributed by atoms with Gasteiger partial charge in [0.2, 0.25) is 0 Å². The largest absolute Gasteiger partial charge is 0.394 e. The molecule has 0 aromatic heterocycles. The first-order valence-corrected chi connectivity index (χ1v) is 13.3. The Morgan fingerprint density at radius 3 is 0.633 bits per heavy atom. The van der Waals surface area contributed by atoms with Gasteiger partial charge in [-0.25, -0.2) is 0 Å². The zero-order valence-corrected chi connectivity index (χ0v) is 19.9. The van der Waals surface area contributed by atoms with Crippen molar-refractivity contribution < 1.29 is 20.4 Å². The van der Waals surface area contributed by atoms with Crippen LogP contribution in [0.2, 0.25) is 0 Å². The summed E-state index contributed by atoms with van der Waals surface area (Å²) < 4.78 is 0. The quantitative estimate of drug-likeness (QED) is 0.129. The molecule has 0 aliphatic rings. The second kappa shape index (κ2) is 25.1. The lowest BCUT2D eigenvalue weighted by atomic mass is 10.0. The van der Waals surface area contributed by atoms with E-state index in [-0.39, 0.29) is 13.2 Å². The Balaban J connectivity index is 3.03. The molecule has 0 fully saturated rings. The number of rotatable bonds is 25. The van der Waals surface area contributed by atoms with Crippen molar-refractivity contribution in [1.29, 1.82) is 0 Å². The molecule has 0 amide bonds. The number of aliphatic hydroxyl groups is 4. The molecule has 2 atom stereocenters. The molecule has 30 heavy (non-hydrogen) atoms. The second-order valence-corrected chi connectivity index (χ2v) is 9.32. The number of hydrogen-bond donors (Lipinski definition) is 4. The minimum Gasteiger partial charge on any atom is -0.394 e. The summed E-state index contributed by atoms with van der Waals surface area (Å²) in [5.74, 6) is 0. The van der Waals surface area contributed by atoms with Crippen molar-refractivity contribution in [3.05, 3.63) is 0 Å². The highest BCUT2D eigenvalue weighted by Gasteiger charge is 2.01. The molecule has 0 saturated heterocycles. The van der Waals surface area contributed by atoms with Gasteiger partial charge in [0.25, 0.3) is 0 Å². The Bertz CT molecular complexity index is 281.